The molecule has 0 spiro atoms. The van der Waals surface area contributed by atoms with E-state index in [-0.39, 0.29) is 5.78 Å². The van der Waals surface area contributed by atoms with Crippen LogP contribution >= 0.6 is 0 Å². The standard InChI is InChI=1S/C18H20O3/c1-13-6-4-7-14(2)18(13)21-11-10-20-17-9-5-8-16(12-17)15(3)19/h4-9,12H,10-11H2,1-3H3. The maximum atomic E-state index is 11.3. The molecule has 0 unspecified atom stereocenters. The molecule has 3 heteroatoms. The lowest BCUT2D eigenvalue weighted by molar-refractivity contribution is 0.101. The van der Waals surface area contributed by atoms with Crippen LogP contribution in [0.4, 0.5) is 0 Å². The minimum absolute atomic E-state index is 0.0345. The summed E-state index contributed by atoms with van der Waals surface area (Å²) in [6.07, 6.45) is 0. The highest BCUT2D eigenvalue weighted by molar-refractivity contribution is 5.94. The molecule has 0 aliphatic carbocycles. The highest BCUT2D eigenvalue weighted by Crippen LogP contribution is 2.22. The first-order valence-corrected chi connectivity index (χ1v) is 7.01. The molecule has 0 saturated carbocycles. The molecule has 0 saturated heterocycles. The van der Waals surface area contributed by atoms with Crippen molar-refractivity contribution in [2.45, 2.75) is 20.8 Å². The van der Waals surface area contributed by atoms with Crippen LogP contribution in [0, 0.1) is 13.8 Å². The fourth-order valence-electron chi connectivity index (χ4n) is 2.13. The second-order valence-electron chi connectivity index (χ2n) is 5.00. The van der Waals surface area contributed by atoms with E-state index < -0.39 is 0 Å². The van der Waals surface area contributed by atoms with Gasteiger partial charge in [-0.05, 0) is 44.0 Å². The molecule has 0 amide bonds. The molecule has 0 aliphatic rings. The van der Waals surface area contributed by atoms with Crippen molar-refractivity contribution in [3.8, 4) is 11.5 Å². The van der Waals surface area contributed by atoms with Gasteiger partial charge in [-0.3, -0.25) is 4.79 Å². The van der Waals surface area contributed by atoms with Gasteiger partial charge in [-0.25, -0.2) is 0 Å². The Balaban J connectivity index is 1.88. The third kappa shape index (κ3) is 4.09. The van der Waals surface area contributed by atoms with E-state index in [1.54, 1.807) is 19.1 Å². The van der Waals surface area contributed by atoms with Crippen LogP contribution < -0.4 is 9.47 Å². The lowest BCUT2D eigenvalue weighted by atomic mass is 10.1. The van der Waals surface area contributed by atoms with E-state index in [4.69, 9.17) is 9.47 Å². The fraction of sp³-hybridized carbons (Fsp3) is 0.278. The van der Waals surface area contributed by atoms with Gasteiger partial charge in [0.05, 0.1) is 0 Å². The molecule has 2 aromatic carbocycles. The largest absolute Gasteiger partial charge is 0.490 e. The molecule has 2 aromatic rings. The van der Waals surface area contributed by atoms with Gasteiger partial charge in [0, 0.05) is 5.56 Å². The first kappa shape index (κ1) is 15.1. The van der Waals surface area contributed by atoms with Crippen molar-refractivity contribution in [3.05, 3.63) is 59.2 Å². The third-order valence-corrected chi connectivity index (χ3v) is 3.25. The highest BCUT2D eigenvalue weighted by Gasteiger charge is 2.04. The average molecular weight is 284 g/mol. The number of hydrogen-bond acceptors (Lipinski definition) is 3. The normalized spacial score (nSPS) is 10.2. The Bertz CT molecular complexity index is 612. The fourth-order valence-corrected chi connectivity index (χ4v) is 2.13. The molecule has 0 aliphatic heterocycles. The number of para-hydroxylation sites is 1. The van der Waals surface area contributed by atoms with E-state index in [0.717, 1.165) is 16.9 Å². The molecular weight excluding hydrogens is 264 g/mol. The smallest absolute Gasteiger partial charge is 0.159 e. The second-order valence-corrected chi connectivity index (χ2v) is 5.00. The third-order valence-electron chi connectivity index (χ3n) is 3.25. The monoisotopic (exact) mass is 284 g/mol. The van der Waals surface area contributed by atoms with Crippen LogP contribution in [0.1, 0.15) is 28.4 Å². The summed E-state index contributed by atoms with van der Waals surface area (Å²) in [6, 6.07) is 13.3. The van der Waals surface area contributed by atoms with Crippen molar-refractivity contribution in [3.63, 3.8) is 0 Å². The number of hydrogen-bond donors (Lipinski definition) is 0. The molecule has 0 heterocycles. The minimum atomic E-state index is 0.0345. The predicted octanol–water partition coefficient (Wildman–Crippen LogP) is 3.96. The maximum absolute atomic E-state index is 11.3. The van der Waals surface area contributed by atoms with Crippen molar-refractivity contribution in [1.82, 2.24) is 0 Å². The molecule has 0 aromatic heterocycles. The Kier molecular flexibility index (Phi) is 4.99. The van der Waals surface area contributed by atoms with Crippen molar-refractivity contribution >= 4 is 5.78 Å². The van der Waals surface area contributed by atoms with Crippen LogP contribution in [-0.2, 0) is 0 Å². The predicted molar refractivity (Wildman–Crippen MR) is 83.4 cm³/mol. The van der Waals surface area contributed by atoms with Gasteiger partial charge in [0.1, 0.15) is 24.7 Å². The average Bonchev–Trinajstić information content (AvgIpc) is 2.46. The SMILES string of the molecule is CC(=O)c1cccc(OCCOc2c(C)cccc2C)c1. The van der Waals surface area contributed by atoms with Crippen LogP contribution in [0.25, 0.3) is 0 Å². The first-order chi connectivity index (χ1) is 10.1. The first-order valence-electron chi connectivity index (χ1n) is 7.01. The van der Waals surface area contributed by atoms with Crippen LogP contribution in [-0.4, -0.2) is 19.0 Å². The molecule has 110 valence electrons. The second kappa shape index (κ2) is 6.93. The number of carbonyl (C=O) groups is 1. The summed E-state index contributed by atoms with van der Waals surface area (Å²) < 4.78 is 11.4. The van der Waals surface area contributed by atoms with Gasteiger partial charge >= 0.3 is 0 Å². The van der Waals surface area contributed by atoms with Crippen LogP contribution in [0.15, 0.2) is 42.5 Å². The molecule has 0 fully saturated rings. The van der Waals surface area contributed by atoms with E-state index >= 15 is 0 Å². The van der Waals surface area contributed by atoms with E-state index in [1.165, 1.54) is 0 Å². The summed E-state index contributed by atoms with van der Waals surface area (Å²) >= 11 is 0. The van der Waals surface area contributed by atoms with Crippen molar-refractivity contribution in [2.75, 3.05) is 13.2 Å². The number of carbonyl (C=O) groups excluding carboxylic acids is 1. The van der Waals surface area contributed by atoms with Gasteiger partial charge in [-0.1, -0.05) is 30.3 Å². The van der Waals surface area contributed by atoms with Crippen LogP contribution in [0.2, 0.25) is 0 Å². The number of benzene rings is 2. The molecule has 21 heavy (non-hydrogen) atoms. The van der Waals surface area contributed by atoms with Gasteiger partial charge in [0.15, 0.2) is 5.78 Å². The molecule has 0 N–H and O–H groups in total. The summed E-state index contributed by atoms with van der Waals surface area (Å²) in [5.74, 6) is 1.64. The van der Waals surface area contributed by atoms with Gasteiger partial charge in [0.2, 0.25) is 0 Å². The lowest BCUT2D eigenvalue weighted by Crippen LogP contribution is -2.10. The summed E-state index contributed by atoms with van der Waals surface area (Å²) in [5, 5.41) is 0. The van der Waals surface area contributed by atoms with Crippen molar-refractivity contribution in [2.24, 2.45) is 0 Å². The minimum Gasteiger partial charge on any atom is -0.490 e. The Morgan fingerprint density at radius 2 is 1.57 bits per heavy atom. The summed E-state index contributed by atoms with van der Waals surface area (Å²) in [5.41, 5.74) is 2.89. The van der Waals surface area contributed by atoms with Crippen molar-refractivity contribution < 1.29 is 14.3 Å². The summed E-state index contributed by atoms with van der Waals surface area (Å²) in [7, 11) is 0. The Hall–Kier alpha value is -2.29. The highest BCUT2D eigenvalue weighted by atomic mass is 16.5. The number of Topliss-reactive ketones (excluding diaryl/α,β-unsaturated/α-hetero) is 1. The molecule has 0 bridgehead atoms. The number of ether oxygens (including phenoxy) is 2. The number of aryl methyl sites for hydroxylation is 2. The molecule has 0 atom stereocenters. The van der Waals surface area contributed by atoms with Gasteiger partial charge in [0.25, 0.3) is 0 Å². The van der Waals surface area contributed by atoms with E-state index in [2.05, 4.69) is 0 Å². The molecule has 3 nitrogen and oxygen atoms in total. The number of ketones is 1. The quantitative estimate of drug-likeness (QED) is 0.595. The van der Waals surface area contributed by atoms with Gasteiger partial charge < -0.3 is 9.47 Å². The summed E-state index contributed by atoms with van der Waals surface area (Å²) in [4.78, 5) is 11.3. The Morgan fingerprint density at radius 3 is 2.24 bits per heavy atom. The van der Waals surface area contributed by atoms with E-state index in [9.17, 15) is 4.79 Å². The van der Waals surface area contributed by atoms with Gasteiger partial charge in [-0.15, -0.1) is 0 Å². The zero-order valence-electron chi connectivity index (χ0n) is 12.7. The molecule has 2 rings (SSSR count). The maximum Gasteiger partial charge on any atom is 0.159 e. The van der Waals surface area contributed by atoms with Crippen molar-refractivity contribution in [1.29, 1.82) is 0 Å². The zero-order chi connectivity index (χ0) is 15.2. The Morgan fingerprint density at radius 1 is 0.952 bits per heavy atom. The zero-order valence-corrected chi connectivity index (χ0v) is 12.7. The molecular formula is C18H20O3. The Labute approximate surface area is 125 Å². The number of rotatable bonds is 6. The van der Waals surface area contributed by atoms with Crippen LogP contribution in [0.5, 0.6) is 11.5 Å². The van der Waals surface area contributed by atoms with Crippen LogP contribution in [0.3, 0.4) is 0 Å². The lowest BCUT2D eigenvalue weighted by Gasteiger charge is -2.12. The summed E-state index contributed by atoms with van der Waals surface area (Å²) in [6.45, 7) is 6.51. The topological polar surface area (TPSA) is 35.5 Å². The molecule has 0 radical (unpaired) electrons. The van der Waals surface area contributed by atoms with E-state index in [1.807, 2.05) is 44.2 Å². The van der Waals surface area contributed by atoms with E-state index in [0.29, 0.717) is 24.5 Å². The van der Waals surface area contributed by atoms with Gasteiger partial charge in [-0.2, -0.15) is 0 Å².